The summed E-state index contributed by atoms with van der Waals surface area (Å²) in [6.07, 6.45) is 2.81. The minimum Gasteiger partial charge on any atom is -0.340 e. The Bertz CT molecular complexity index is 811. The number of nitrogens with zero attached hydrogens (tertiary/aromatic N) is 3. The minimum atomic E-state index is -3.91. The van der Waals surface area contributed by atoms with E-state index in [0.29, 0.717) is 19.4 Å². The lowest BCUT2D eigenvalue weighted by atomic mass is 10.0. The molecule has 1 N–H and O–H groups in total. The standard InChI is InChI=1S/C17H24N4O5S.ClH/c1-19(14-9-10-18-12-14)17(22)16-4-2-3-11-20(16)27(25,26)15-7-5-13(6-8-15)21(23)24;/h5-8,14,16,18H,2-4,9-12H2,1H3;1H. The Balaban J connectivity index is 0.00000280. The van der Waals surface area contributed by atoms with Crippen LogP contribution in [0.4, 0.5) is 5.69 Å². The quantitative estimate of drug-likeness (QED) is 0.555. The number of likely N-dealkylation sites (N-methyl/N-ethyl adjacent to an activating group) is 1. The summed E-state index contributed by atoms with van der Waals surface area (Å²) in [5.41, 5.74) is -0.173. The fourth-order valence-electron chi connectivity index (χ4n) is 3.70. The van der Waals surface area contributed by atoms with Gasteiger partial charge in [0.1, 0.15) is 6.04 Å². The molecule has 2 fully saturated rings. The largest absolute Gasteiger partial charge is 0.340 e. The molecule has 2 aliphatic heterocycles. The molecule has 28 heavy (non-hydrogen) atoms. The number of amides is 1. The Hall–Kier alpha value is -1.75. The highest BCUT2D eigenvalue weighted by atomic mass is 35.5. The van der Waals surface area contributed by atoms with Crippen LogP contribution in [0.3, 0.4) is 0 Å². The van der Waals surface area contributed by atoms with Crippen LogP contribution in [0.1, 0.15) is 25.7 Å². The van der Waals surface area contributed by atoms with Gasteiger partial charge in [0.2, 0.25) is 15.9 Å². The Kier molecular flexibility index (Phi) is 7.38. The fourth-order valence-corrected chi connectivity index (χ4v) is 5.35. The van der Waals surface area contributed by atoms with E-state index in [1.165, 1.54) is 28.6 Å². The fraction of sp³-hybridized carbons (Fsp3) is 0.588. The van der Waals surface area contributed by atoms with Crippen LogP contribution in [0, 0.1) is 10.1 Å². The molecule has 0 aliphatic carbocycles. The van der Waals surface area contributed by atoms with E-state index in [-0.39, 0.29) is 41.5 Å². The van der Waals surface area contributed by atoms with Gasteiger partial charge in [-0.15, -0.1) is 12.4 Å². The van der Waals surface area contributed by atoms with E-state index in [2.05, 4.69) is 5.32 Å². The lowest BCUT2D eigenvalue weighted by Gasteiger charge is -2.37. The summed E-state index contributed by atoms with van der Waals surface area (Å²) < 4.78 is 27.5. The van der Waals surface area contributed by atoms with Crippen molar-refractivity contribution in [3.05, 3.63) is 34.4 Å². The third-order valence-corrected chi connectivity index (χ3v) is 7.24. The van der Waals surface area contributed by atoms with E-state index >= 15 is 0 Å². The molecule has 1 amide bonds. The van der Waals surface area contributed by atoms with Gasteiger partial charge in [0.15, 0.2) is 0 Å². The summed E-state index contributed by atoms with van der Waals surface area (Å²) in [5.74, 6) is -0.186. The van der Waals surface area contributed by atoms with Crippen LogP contribution in [0.15, 0.2) is 29.2 Å². The van der Waals surface area contributed by atoms with Crippen LogP contribution >= 0.6 is 12.4 Å². The molecule has 0 aromatic heterocycles. The first kappa shape index (κ1) is 22.5. The Labute approximate surface area is 170 Å². The summed E-state index contributed by atoms with van der Waals surface area (Å²) >= 11 is 0. The van der Waals surface area contributed by atoms with Crippen molar-refractivity contribution in [3.8, 4) is 0 Å². The molecule has 9 nitrogen and oxygen atoms in total. The van der Waals surface area contributed by atoms with E-state index in [0.717, 1.165) is 19.4 Å². The summed E-state index contributed by atoms with van der Waals surface area (Å²) in [4.78, 5) is 24.9. The average molecular weight is 433 g/mol. The topological polar surface area (TPSA) is 113 Å². The highest BCUT2D eigenvalue weighted by Crippen LogP contribution is 2.28. The van der Waals surface area contributed by atoms with Crippen molar-refractivity contribution in [1.29, 1.82) is 0 Å². The number of nitro benzene ring substituents is 1. The lowest BCUT2D eigenvalue weighted by molar-refractivity contribution is -0.384. The number of halogens is 1. The Morgan fingerprint density at radius 3 is 2.50 bits per heavy atom. The number of non-ortho nitro benzene ring substituents is 1. The van der Waals surface area contributed by atoms with Crippen LogP contribution in [-0.2, 0) is 14.8 Å². The molecular weight excluding hydrogens is 408 g/mol. The molecule has 0 saturated carbocycles. The molecular formula is C17H25ClN4O5S. The summed E-state index contributed by atoms with van der Waals surface area (Å²) in [6.45, 7) is 1.83. The molecule has 11 heteroatoms. The monoisotopic (exact) mass is 432 g/mol. The molecule has 0 spiro atoms. The Morgan fingerprint density at radius 2 is 1.93 bits per heavy atom. The second-order valence-electron chi connectivity index (χ2n) is 6.97. The van der Waals surface area contributed by atoms with E-state index in [4.69, 9.17) is 0 Å². The van der Waals surface area contributed by atoms with Crippen molar-refractivity contribution < 1.29 is 18.1 Å². The van der Waals surface area contributed by atoms with Gasteiger partial charge >= 0.3 is 0 Å². The molecule has 2 heterocycles. The van der Waals surface area contributed by atoms with Crippen molar-refractivity contribution in [2.24, 2.45) is 0 Å². The van der Waals surface area contributed by atoms with Crippen molar-refractivity contribution in [2.45, 2.75) is 42.7 Å². The second-order valence-corrected chi connectivity index (χ2v) is 8.86. The van der Waals surface area contributed by atoms with Crippen molar-refractivity contribution in [3.63, 3.8) is 0 Å². The first-order valence-electron chi connectivity index (χ1n) is 9.06. The third-order valence-electron chi connectivity index (χ3n) is 5.32. The molecule has 0 radical (unpaired) electrons. The van der Waals surface area contributed by atoms with Gasteiger partial charge < -0.3 is 10.2 Å². The number of carbonyl (C=O) groups is 1. The molecule has 2 aliphatic rings. The normalized spacial score (nSPS) is 23.0. The molecule has 1 aromatic carbocycles. The maximum absolute atomic E-state index is 13.1. The zero-order valence-electron chi connectivity index (χ0n) is 15.6. The van der Waals surface area contributed by atoms with Crippen LogP contribution in [0.2, 0.25) is 0 Å². The summed E-state index contributed by atoms with van der Waals surface area (Å²) in [5, 5.41) is 14.0. The zero-order valence-corrected chi connectivity index (χ0v) is 17.2. The number of benzene rings is 1. The average Bonchev–Trinajstić information content (AvgIpc) is 3.21. The highest BCUT2D eigenvalue weighted by Gasteiger charge is 2.40. The van der Waals surface area contributed by atoms with Gasteiger partial charge in [-0.2, -0.15) is 4.31 Å². The number of rotatable bonds is 5. The van der Waals surface area contributed by atoms with E-state index in [9.17, 15) is 23.3 Å². The number of nitrogens with one attached hydrogen (secondary N) is 1. The van der Waals surface area contributed by atoms with Gasteiger partial charge in [-0.1, -0.05) is 6.42 Å². The maximum Gasteiger partial charge on any atom is 0.269 e. The predicted octanol–water partition coefficient (Wildman–Crippen LogP) is 1.38. The SMILES string of the molecule is CN(C(=O)C1CCCCN1S(=O)(=O)c1ccc([N+](=O)[O-])cc1)C1CCNC1.Cl. The molecule has 3 rings (SSSR count). The van der Waals surface area contributed by atoms with Gasteiger partial charge in [0.25, 0.3) is 5.69 Å². The van der Waals surface area contributed by atoms with E-state index in [1.807, 2.05) is 0 Å². The van der Waals surface area contributed by atoms with Gasteiger partial charge in [-0.3, -0.25) is 14.9 Å². The number of piperidine rings is 1. The van der Waals surface area contributed by atoms with Gasteiger partial charge in [-0.05, 0) is 37.9 Å². The minimum absolute atomic E-state index is 0. The number of hydrogen-bond acceptors (Lipinski definition) is 6. The number of hydrogen-bond donors (Lipinski definition) is 1. The van der Waals surface area contributed by atoms with Gasteiger partial charge in [-0.25, -0.2) is 8.42 Å². The van der Waals surface area contributed by atoms with E-state index < -0.39 is 21.0 Å². The number of sulfonamides is 1. The third kappa shape index (κ3) is 4.45. The Morgan fingerprint density at radius 1 is 1.25 bits per heavy atom. The van der Waals surface area contributed by atoms with Crippen LogP contribution in [-0.4, -0.2) is 67.2 Å². The maximum atomic E-state index is 13.1. The second kappa shape index (κ2) is 9.17. The van der Waals surface area contributed by atoms with Crippen LogP contribution in [0.25, 0.3) is 0 Å². The molecule has 1 aromatic rings. The van der Waals surface area contributed by atoms with E-state index in [1.54, 1.807) is 11.9 Å². The summed E-state index contributed by atoms with van der Waals surface area (Å²) in [6, 6.07) is 4.14. The molecule has 2 saturated heterocycles. The first-order valence-corrected chi connectivity index (χ1v) is 10.5. The lowest BCUT2D eigenvalue weighted by Crippen LogP contribution is -2.54. The first-order chi connectivity index (χ1) is 12.8. The molecule has 156 valence electrons. The summed E-state index contributed by atoms with van der Waals surface area (Å²) in [7, 11) is -2.18. The number of carbonyl (C=O) groups excluding carboxylic acids is 1. The molecule has 0 bridgehead atoms. The smallest absolute Gasteiger partial charge is 0.269 e. The zero-order chi connectivity index (χ0) is 19.6. The van der Waals surface area contributed by atoms with Crippen molar-refractivity contribution >= 4 is 34.0 Å². The predicted molar refractivity (Wildman–Crippen MR) is 106 cm³/mol. The van der Waals surface area contributed by atoms with Crippen molar-refractivity contribution in [1.82, 2.24) is 14.5 Å². The van der Waals surface area contributed by atoms with Crippen LogP contribution in [0.5, 0.6) is 0 Å². The molecule has 2 unspecified atom stereocenters. The highest BCUT2D eigenvalue weighted by molar-refractivity contribution is 7.89. The van der Waals surface area contributed by atoms with Crippen LogP contribution < -0.4 is 5.32 Å². The van der Waals surface area contributed by atoms with Crippen molar-refractivity contribution in [2.75, 3.05) is 26.7 Å². The molecule has 2 atom stereocenters. The van der Waals surface area contributed by atoms with Gasteiger partial charge in [0, 0.05) is 38.3 Å². The number of nitro groups is 1. The van der Waals surface area contributed by atoms with Gasteiger partial charge in [0.05, 0.1) is 9.82 Å².